The van der Waals surface area contributed by atoms with Crippen LogP contribution in [0.3, 0.4) is 0 Å². The lowest BCUT2D eigenvalue weighted by Crippen LogP contribution is -2.06. The molecule has 0 atom stereocenters. The summed E-state index contributed by atoms with van der Waals surface area (Å²) in [4.78, 5) is 12.3. The van der Waals surface area contributed by atoms with Gasteiger partial charge in [-0.15, -0.1) is 0 Å². The van der Waals surface area contributed by atoms with Crippen LogP contribution in [0.5, 0.6) is 0 Å². The minimum atomic E-state index is -0.532. The van der Waals surface area contributed by atoms with Crippen LogP contribution in [0.1, 0.15) is 21.5 Å². The third-order valence-corrected chi connectivity index (χ3v) is 3.87. The summed E-state index contributed by atoms with van der Waals surface area (Å²) in [7, 11) is 0. The van der Waals surface area contributed by atoms with Gasteiger partial charge in [-0.2, -0.15) is 0 Å². The number of aryl methyl sites for hydroxylation is 1. The number of hydrogen-bond acceptors (Lipinski definition) is 1. The van der Waals surface area contributed by atoms with E-state index in [2.05, 4.69) is 31.9 Å². The zero-order valence-corrected chi connectivity index (χ0v) is 12.7. The molecule has 0 aromatic heterocycles. The third-order valence-electron chi connectivity index (χ3n) is 2.56. The average molecular weight is 372 g/mol. The number of carbonyl (C=O) groups is 1. The molecule has 2 aromatic carbocycles. The van der Waals surface area contributed by atoms with Crippen molar-refractivity contribution in [3.05, 3.63) is 67.9 Å². The van der Waals surface area contributed by atoms with Gasteiger partial charge >= 0.3 is 0 Å². The van der Waals surface area contributed by atoms with Crippen molar-refractivity contribution in [2.24, 2.45) is 0 Å². The third kappa shape index (κ3) is 2.54. The lowest BCUT2D eigenvalue weighted by Gasteiger charge is -2.07. The Morgan fingerprint density at radius 2 is 1.78 bits per heavy atom. The van der Waals surface area contributed by atoms with E-state index < -0.39 is 5.82 Å². The van der Waals surface area contributed by atoms with Crippen molar-refractivity contribution in [2.75, 3.05) is 0 Å². The molecule has 0 spiro atoms. The van der Waals surface area contributed by atoms with Gasteiger partial charge in [-0.1, -0.05) is 33.6 Å². The fraction of sp³-hybridized carbons (Fsp3) is 0.0714. The monoisotopic (exact) mass is 370 g/mol. The standard InChI is InChI=1S/C14H9Br2FO/c1-8-5-6-11(15)10(7-8)14(18)9-3-2-4-12(16)13(9)17/h2-7H,1H3. The molecule has 0 aliphatic rings. The molecule has 0 aliphatic carbocycles. The van der Waals surface area contributed by atoms with Gasteiger partial charge in [0.25, 0.3) is 0 Å². The Bertz CT molecular complexity index is 619. The molecule has 4 heteroatoms. The van der Waals surface area contributed by atoms with Crippen LogP contribution in [0.25, 0.3) is 0 Å². The summed E-state index contributed by atoms with van der Waals surface area (Å²) >= 11 is 6.40. The van der Waals surface area contributed by atoms with Crippen LogP contribution in [0.4, 0.5) is 4.39 Å². The summed E-state index contributed by atoms with van der Waals surface area (Å²) in [6.45, 7) is 1.89. The van der Waals surface area contributed by atoms with Gasteiger partial charge in [-0.25, -0.2) is 4.39 Å². The van der Waals surface area contributed by atoms with E-state index in [1.165, 1.54) is 6.07 Å². The molecule has 0 radical (unpaired) electrons. The predicted octanol–water partition coefficient (Wildman–Crippen LogP) is 4.89. The van der Waals surface area contributed by atoms with Crippen LogP contribution in [-0.2, 0) is 0 Å². The number of carbonyl (C=O) groups excluding carboxylic acids is 1. The summed E-state index contributed by atoms with van der Waals surface area (Å²) in [5, 5.41) is 0. The van der Waals surface area contributed by atoms with Crippen molar-refractivity contribution in [1.29, 1.82) is 0 Å². The second-order valence-corrected chi connectivity index (χ2v) is 5.62. The summed E-state index contributed by atoms with van der Waals surface area (Å²) in [5.41, 5.74) is 1.49. The van der Waals surface area contributed by atoms with E-state index in [1.807, 2.05) is 13.0 Å². The van der Waals surface area contributed by atoms with E-state index in [-0.39, 0.29) is 15.8 Å². The highest BCUT2D eigenvalue weighted by Crippen LogP contribution is 2.25. The van der Waals surface area contributed by atoms with Crippen LogP contribution in [0, 0.1) is 12.7 Å². The Balaban J connectivity index is 2.55. The number of rotatable bonds is 2. The molecule has 0 amide bonds. The molecular weight excluding hydrogens is 363 g/mol. The molecule has 18 heavy (non-hydrogen) atoms. The number of hydrogen-bond donors (Lipinski definition) is 0. The van der Waals surface area contributed by atoms with Gasteiger partial charge in [0.15, 0.2) is 5.78 Å². The first kappa shape index (κ1) is 13.4. The van der Waals surface area contributed by atoms with Gasteiger partial charge in [0.2, 0.25) is 0 Å². The van der Waals surface area contributed by atoms with Gasteiger partial charge in [-0.05, 0) is 47.1 Å². The van der Waals surface area contributed by atoms with Crippen molar-refractivity contribution in [1.82, 2.24) is 0 Å². The zero-order chi connectivity index (χ0) is 13.3. The molecule has 2 rings (SSSR count). The Morgan fingerprint density at radius 1 is 1.06 bits per heavy atom. The maximum absolute atomic E-state index is 13.9. The van der Waals surface area contributed by atoms with Gasteiger partial charge in [0.05, 0.1) is 10.0 Å². The largest absolute Gasteiger partial charge is 0.288 e. The highest BCUT2D eigenvalue weighted by atomic mass is 79.9. The van der Waals surface area contributed by atoms with Crippen LogP contribution in [0.2, 0.25) is 0 Å². The van der Waals surface area contributed by atoms with Gasteiger partial charge in [-0.3, -0.25) is 4.79 Å². The molecule has 0 saturated carbocycles. The Hall–Kier alpha value is -1.000. The van der Waals surface area contributed by atoms with Crippen molar-refractivity contribution in [2.45, 2.75) is 6.92 Å². The van der Waals surface area contributed by atoms with Crippen LogP contribution in [0.15, 0.2) is 45.3 Å². The first-order valence-electron chi connectivity index (χ1n) is 5.25. The second-order valence-electron chi connectivity index (χ2n) is 3.91. The fourth-order valence-electron chi connectivity index (χ4n) is 1.64. The highest BCUT2D eigenvalue weighted by molar-refractivity contribution is 9.10. The number of ketones is 1. The SMILES string of the molecule is Cc1ccc(Br)c(C(=O)c2cccc(Br)c2F)c1. The highest BCUT2D eigenvalue weighted by Gasteiger charge is 2.18. The summed E-state index contributed by atoms with van der Waals surface area (Å²) in [6, 6.07) is 10.1. The van der Waals surface area contributed by atoms with Crippen molar-refractivity contribution >= 4 is 37.6 Å². The van der Waals surface area contributed by atoms with Crippen LogP contribution >= 0.6 is 31.9 Å². The predicted molar refractivity (Wildman–Crippen MR) is 76.4 cm³/mol. The van der Waals surface area contributed by atoms with E-state index in [9.17, 15) is 9.18 Å². The molecule has 92 valence electrons. The summed E-state index contributed by atoms with van der Waals surface area (Å²) < 4.78 is 14.8. The molecule has 1 nitrogen and oxygen atoms in total. The number of halogens is 3. The second kappa shape index (κ2) is 5.33. The van der Waals surface area contributed by atoms with Gasteiger partial charge < -0.3 is 0 Å². The molecule has 0 heterocycles. The quantitative estimate of drug-likeness (QED) is 0.687. The molecule has 2 aromatic rings. The van der Waals surface area contributed by atoms with Crippen LogP contribution < -0.4 is 0 Å². The minimum absolute atomic E-state index is 0.0654. The molecule has 0 saturated heterocycles. The maximum Gasteiger partial charge on any atom is 0.197 e. The summed E-state index contributed by atoms with van der Waals surface area (Å²) in [5.74, 6) is -0.861. The Labute approximate surface area is 121 Å². The molecule has 0 bridgehead atoms. The normalized spacial score (nSPS) is 10.4. The van der Waals surface area contributed by atoms with E-state index >= 15 is 0 Å². The van der Waals surface area contributed by atoms with E-state index in [0.29, 0.717) is 10.0 Å². The molecule has 0 fully saturated rings. The van der Waals surface area contributed by atoms with Crippen molar-refractivity contribution < 1.29 is 9.18 Å². The van der Waals surface area contributed by atoms with Gasteiger partial charge in [0.1, 0.15) is 5.82 Å². The maximum atomic E-state index is 13.9. The van der Waals surface area contributed by atoms with E-state index in [4.69, 9.17) is 0 Å². The fourth-order valence-corrected chi connectivity index (χ4v) is 2.43. The van der Waals surface area contributed by atoms with Crippen LogP contribution in [-0.4, -0.2) is 5.78 Å². The minimum Gasteiger partial charge on any atom is -0.288 e. The molecular formula is C14H9Br2FO. The van der Waals surface area contributed by atoms with Crippen molar-refractivity contribution in [3.63, 3.8) is 0 Å². The molecule has 0 N–H and O–H groups in total. The smallest absolute Gasteiger partial charge is 0.197 e. The van der Waals surface area contributed by atoms with Crippen molar-refractivity contribution in [3.8, 4) is 0 Å². The zero-order valence-electron chi connectivity index (χ0n) is 9.51. The van der Waals surface area contributed by atoms with Gasteiger partial charge in [0, 0.05) is 10.0 Å². The number of benzene rings is 2. The lowest BCUT2D eigenvalue weighted by atomic mass is 10.0. The first-order valence-corrected chi connectivity index (χ1v) is 6.84. The first-order chi connectivity index (χ1) is 8.50. The van der Waals surface area contributed by atoms with E-state index in [0.717, 1.165) is 5.56 Å². The molecule has 0 aliphatic heterocycles. The Morgan fingerprint density at radius 3 is 2.50 bits per heavy atom. The lowest BCUT2D eigenvalue weighted by molar-refractivity contribution is 0.103. The topological polar surface area (TPSA) is 17.1 Å². The average Bonchev–Trinajstić information content (AvgIpc) is 2.35. The summed E-state index contributed by atoms with van der Waals surface area (Å²) in [6.07, 6.45) is 0. The Kier molecular flexibility index (Phi) is 3.97. The van der Waals surface area contributed by atoms with E-state index in [1.54, 1.807) is 24.3 Å². The molecule has 0 unspecified atom stereocenters.